The van der Waals surface area contributed by atoms with Gasteiger partial charge < -0.3 is 20.4 Å². The van der Waals surface area contributed by atoms with Crippen LogP contribution in [0, 0.1) is 0 Å². The number of hydrogen-bond donors (Lipinski definition) is 2. The first-order valence-electron chi connectivity index (χ1n) is 10.5. The first-order valence-corrected chi connectivity index (χ1v) is 10.5. The Bertz CT molecular complexity index is 1160. The van der Waals surface area contributed by atoms with Crippen LogP contribution in [0.1, 0.15) is 39.2 Å². The van der Waals surface area contributed by atoms with E-state index < -0.39 is 17.7 Å². The van der Waals surface area contributed by atoms with Crippen LogP contribution in [0.3, 0.4) is 0 Å². The number of rotatable bonds is 6. The van der Waals surface area contributed by atoms with E-state index in [-0.39, 0.29) is 17.2 Å². The third kappa shape index (κ3) is 3.97. The molecule has 3 aromatic rings. The van der Waals surface area contributed by atoms with Crippen molar-refractivity contribution in [3.8, 4) is 0 Å². The zero-order valence-electron chi connectivity index (χ0n) is 18.1. The molecule has 1 aromatic heterocycles. The van der Waals surface area contributed by atoms with Crippen LogP contribution >= 0.6 is 0 Å². The van der Waals surface area contributed by atoms with E-state index >= 15 is 0 Å². The van der Waals surface area contributed by atoms with Gasteiger partial charge >= 0.3 is 5.97 Å². The molecule has 1 fully saturated rings. The van der Waals surface area contributed by atoms with Gasteiger partial charge in [-0.2, -0.15) is 0 Å². The van der Waals surface area contributed by atoms with Crippen LogP contribution < -0.4 is 10.6 Å². The molecule has 8 heteroatoms. The van der Waals surface area contributed by atoms with Crippen molar-refractivity contribution in [2.24, 2.45) is 5.73 Å². The molecule has 0 bridgehead atoms. The topological polar surface area (TPSA) is 109 Å². The molecule has 1 atom stereocenters. The molecule has 1 unspecified atom stereocenters. The quantitative estimate of drug-likeness (QED) is 0.351. The van der Waals surface area contributed by atoms with Crippen LogP contribution in [-0.2, 0) is 9.53 Å². The summed E-state index contributed by atoms with van der Waals surface area (Å²) in [4.78, 5) is 44.4. The molecule has 1 amide bonds. The van der Waals surface area contributed by atoms with Gasteiger partial charge in [0.1, 0.15) is 5.82 Å². The van der Waals surface area contributed by atoms with Crippen molar-refractivity contribution in [3.05, 3.63) is 65.2 Å². The molecule has 4 rings (SSSR count). The number of H-pyrrole nitrogens is 1. The maximum absolute atomic E-state index is 12.9. The smallest absolute Gasteiger partial charge is 0.379 e. The van der Waals surface area contributed by atoms with Crippen molar-refractivity contribution in [1.82, 2.24) is 9.88 Å². The number of fused-ring (bicyclic) bond motifs is 1. The van der Waals surface area contributed by atoms with Gasteiger partial charge in [0, 0.05) is 48.7 Å². The molecule has 2 heterocycles. The van der Waals surface area contributed by atoms with E-state index in [1.54, 1.807) is 18.2 Å². The summed E-state index contributed by atoms with van der Waals surface area (Å²) in [6, 6.07) is 15.4. The minimum atomic E-state index is -0.951. The Hall–Kier alpha value is -3.65. The van der Waals surface area contributed by atoms with Gasteiger partial charge in [0.15, 0.2) is 0 Å². The lowest BCUT2D eigenvalue weighted by Gasteiger charge is -2.39. The second-order valence-electron chi connectivity index (χ2n) is 7.90. The Morgan fingerprint density at radius 2 is 1.72 bits per heavy atom. The van der Waals surface area contributed by atoms with Crippen LogP contribution in [-0.4, -0.2) is 60.8 Å². The lowest BCUT2D eigenvalue weighted by molar-refractivity contribution is -0.135. The summed E-state index contributed by atoms with van der Waals surface area (Å²) in [7, 11) is 1.17. The minimum Gasteiger partial charge on any atom is -0.463 e. The first kappa shape index (κ1) is 21.6. The van der Waals surface area contributed by atoms with Crippen LogP contribution in [0.15, 0.2) is 48.5 Å². The molecule has 8 nitrogen and oxygen atoms in total. The van der Waals surface area contributed by atoms with Crippen molar-refractivity contribution in [2.75, 3.05) is 38.2 Å². The molecule has 0 saturated carbocycles. The summed E-state index contributed by atoms with van der Waals surface area (Å²) in [6.45, 7) is 5.13. The van der Waals surface area contributed by atoms with Crippen LogP contribution in [0.5, 0.6) is 0 Å². The molecular weight excluding hydrogens is 408 g/mol. The van der Waals surface area contributed by atoms with Crippen molar-refractivity contribution < 1.29 is 19.1 Å². The molecule has 0 spiro atoms. The van der Waals surface area contributed by atoms with Gasteiger partial charge in [-0.25, -0.2) is 4.79 Å². The van der Waals surface area contributed by atoms with Crippen molar-refractivity contribution in [2.45, 2.75) is 13.0 Å². The second kappa shape index (κ2) is 8.84. The summed E-state index contributed by atoms with van der Waals surface area (Å²) in [5.74, 6) is -1.75. The molecular formula is C24H26N4O4. The van der Waals surface area contributed by atoms with Crippen molar-refractivity contribution in [3.63, 3.8) is 0 Å². The third-order valence-corrected chi connectivity index (χ3v) is 6.12. The number of nitrogens with one attached hydrogen (secondary N) is 1. The van der Waals surface area contributed by atoms with Gasteiger partial charge in [0.2, 0.25) is 5.91 Å². The Morgan fingerprint density at radius 1 is 1.03 bits per heavy atom. The fourth-order valence-electron chi connectivity index (χ4n) is 4.27. The maximum atomic E-state index is 12.9. The van der Waals surface area contributed by atoms with E-state index in [2.05, 4.69) is 38.6 Å². The lowest BCUT2D eigenvalue weighted by Crippen LogP contribution is -2.47. The maximum Gasteiger partial charge on any atom is 0.379 e. The normalized spacial score (nSPS) is 15.5. The van der Waals surface area contributed by atoms with Crippen molar-refractivity contribution in [1.29, 1.82) is 0 Å². The highest BCUT2D eigenvalue weighted by atomic mass is 16.5. The summed E-state index contributed by atoms with van der Waals surface area (Å²) in [5.41, 5.74) is 7.80. The predicted molar refractivity (Wildman–Crippen MR) is 122 cm³/mol. The number of nitrogens with zero attached hydrogens (tertiary/aromatic N) is 2. The number of piperazine rings is 1. The van der Waals surface area contributed by atoms with E-state index in [0.29, 0.717) is 29.8 Å². The average molecular weight is 434 g/mol. The highest BCUT2D eigenvalue weighted by Gasteiger charge is 2.30. The number of anilines is 1. The molecule has 3 N–H and O–H groups in total. The van der Waals surface area contributed by atoms with Gasteiger partial charge in [0.25, 0.3) is 5.78 Å². The van der Waals surface area contributed by atoms with E-state index in [9.17, 15) is 14.4 Å². The standard InChI is InChI=1S/C24H26N4O4/c1-15(16-6-4-3-5-7-16)27-10-12-28(13-11-27)23-20(21(29)24(31)32-2)18-14-17(22(25)30)8-9-19(18)26-23/h3-9,14-15,26H,10-13H2,1-2H3,(H2,25,30). The Morgan fingerprint density at radius 3 is 2.34 bits per heavy atom. The van der Waals surface area contributed by atoms with E-state index in [1.165, 1.54) is 12.7 Å². The predicted octanol–water partition coefficient (Wildman–Crippen LogP) is 2.51. The van der Waals surface area contributed by atoms with E-state index in [0.717, 1.165) is 13.1 Å². The number of ether oxygens (including phenoxy) is 1. The number of aromatic amines is 1. The zero-order valence-corrected chi connectivity index (χ0v) is 18.1. The van der Waals surface area contributed by atoms with Gasteiger partial charge in [-0.1, -0.05) is 30.3 Å². The molecule has 1 aliphatic rings. The van der Waals surface area contributed by atoms with Gasteiger partial charge in [-0.3, -0.25) is 14.5 Å². The van der Waals surface area contributed by atoms with Crippen LogP contribution in [0.25, 0.3) is 10.9 Å². The number of carbonyl (C=O) groups is 3. The number of primary amides is 1. The molecule has 32 heavy (non-hydrogen) atoms. The van der Waals surface area contributed by atoms with Gasteiger partial charge in [0.05, 0.1) is 12.7 Å². The summed E-state index contributed by atoms with van der Waals surface area (Å²) in [5, 5.41) is 0.479. The van der Waals surface area contributed by atoms with Gasteiger partial charge in [-0.05, 0) is 30.7 Å². The number of nitrogens with two attached hydrogens (primary N) is 1. The monoisotopic (exact) mass is 434 g/mol. The number of aromatic nitrogens is 1. The lowest BCUT2D eigenvalue weighted by atomic mass is 10.0. The number of methoxy groups -OCH3 is 1. The fourth-order valence-corrected chi connectivity index (χ4v) is 4.27. The number of ketones is 1. The number of carbonyl (C=O) groups excluding carboxylic acids is 3. The fraction of sp³-hybridized carbons (Fsp3) is 0.292. The van der Waals surface area contributed by atoms with Crippen molar-refractivity contribution >= 4 is 34.4 Å². The average Bonchev–Trinajstić information content (AvgIpc) is 3.21. The third-order valence-electron chi connectivity index (χ3n) is 6.12. The van der Waals surface area contributed by atoms with Gasteiger partial charge in [-0.15, -0.1) is 0 Å². The second-order valence-corrected chi connectivity index (χ2v) is 7.90. The largest absolute Gasteiger partial charge is 0.463 e. The number of esters is 1. The Balaban J connectivity index is 1.65. The Kier molecular flexibility index (Phi) is 5.96. The van der Waals surface area contributed by atoms with E-state index in [1.807, 2.05) is 18.2 Å². The molecule has 0 radical (unpaired) electrons. The molecule has 1 aliphatic heterocycles. The number of amides is 1. The van der Waals surface area contributed by atoms with E-state index in [4.69, 9.17) is 5.73 Å². The summed E-state index contributed by atoms with van der Waals surface area (Å²) < 4.78 is 4.68. The summed E-state index contributed by atoms with van der Waals surface area (Å²) >= 11 is 0. The SMILES string of the molecule is COC(=O)C(=O)c1c(N2CCN(C(C)c3ccccc3)CC2)[nH]c2ccc(C(N)=O)cc12. The number of hydrogen-bond acceptors (Lipinski definition) is 6. The number of benzene rings is 2. The molecule has 0 aliphatic carbocycles. The molecule has 1 saturated heterocycles. The van der Waals surface area contributed by atoms with Crippen LogP contribution in [0.4, 0.5) is 5.82 Å². The number of Topliss-reactive ketones (excluding diaryl/α,β-unsaturated/α-hetero) is 1. The Labute approximate surface area is 185 Å². The van der Waals surface area contributed by atoms with Crippen LogP contribution in [0.2, 0.25) is 0 Å². The summed E-state index contributed by atoms with van der Waals surface area (Å²) in [6.07, 6.45) is 0. The highest BCUT2D eigenvalue weighted by molar-refractivity contribution is 6.44. The molecule has 2 aromatic carbocycles. The zero-order chi connectivity index (χ0) is 22.8. The minimum absolute atomic E-state index is 0.208. The molecule has 166 valence electrons. The highest BCUT2D eigenvalue weighted by Crippen LogP contribution is 2.32. The first-order chi connectivity index (χ1) is 15.4.